The number of nitrogens with two attached hydrogens (primary N) is 1. The molecule has 0 spiro atoms. The monoisotopic (exact) mass is 300 g/mol. The molecule has 3 rings (SSSR count). The van der Waals surface area contributed by atoms with Crippen LogP contribution < -0.4 is 16.1 Å². The molecule has 22 heavy (non-hydrogen) atoms. The number of hydroxylamine groups is 1. The number of pyridine rings is 1. The lowest BCUT2D eigenvalue weighted by atomic mass is 10.1. The van der Waals surface area contributed by atoms with Crippen LogP contribution in [-0.4, -0.2) is 30.1 Å². The lowest BCUT2D eigenvalue weighted by molar-refractivity contribution is 0.0336. The Morgan fingerprint density at radius 1 is 1.23 bits per heavy atom. The Labute approximate surface area is 127 Å². The van der Waals surface area contributed by atoms with Crippen LogP contribution in [-0.2, 0) is 4.84 Å². The van der Waals surface area contributed by atoms with Gasteiger partial charge in [-0.1, -0.05) is 18.2 Å². The summed E-state index contributed by atoms with van der Waals surface area (Å²) in [6.07, 6.45) is 2.12. The average molecular weight is 300 g/mol. The van der Waals surface area contributed by atoms with Gasteiger partial charge in [0.2, 0.25) is 0 Å². The van der Waals surface area contributed by atoms with Crippen molar-refractivity contribution < 1.29 is 14.4 Å². The smallest absolute Gasteiger partial charge is 0.356 e. The van der Waals surface area contributed by atoms with Crippen LogP contribution >= 0.6 is 0 Å². The van der Waals surface area contributed by atoms with E-state index < -0.39 is 12.0 Å². The zero-order valence-corrected chi connectivity index (χ0v) is 11.9. The number of nitrogens with one attached hydrogen (secondary N) is 1. The second-order valence-electron chi connectivity index (χ2n) is 5.10. The first kappa shape index (κ1) is 14.1. The number of hydrogen-bond acceptors (Lipinski definition) is 5. The molecule has 1 aromatic heterocycles. The molecule has 0 atom stereocenters. The summed E-state index contributed by atoms with van der Waals surface area (Å²) < 4.78 is 0. The van der Waals surface area contributed by atoms with Gasteiger partial charge in [0.05, 0.1) is 5.52 Å². The van der Waals surface area contributed by atoms with Crippen LogP contribution in [0.5, 0.6) is 0 Å². The number of hydrogen-bond donors (Lipinski definition) is 2. The minimum absolute atomic E-state index is 0.314. The highest BCUT2D eigenvalue weighted by Gasteiger charge is 2.23. The molecule has 1 fully saturated rings. The van der Waals surface area contributed by atoms with Gasteiger partial charge < -0.3 is 15.5 Å². The molecule has 3 N–H and O–H groups in total. The van der Waals surface area contributed by atoms with E-state index in [1.54, 1.807) is 6.07 Å². The summed E-state index contributed by atoms with van der Waals surface area (Å²) >= 11 is 0. The number of rotatable bonds is 2. The largest absolute Gasteiger partial charge is 0.366 e. The van der Waals surface area contributed by atoms with Crippen LogP contribution in [0.25, 0.3) is 10.9 Å². The van der Waals surface area contributed by atoms with Gasteiger partial charge in [0, 0.05) is 18.5 Å². The van der Waals surface area contributed by atoms with E-state index in [2.05, 4.69) is 4.98 Å². The van der Waals surface area contributed by atoms with Crippen molar-refractivity contribution >= 4 is 28.7 Å². The highest BCUT2D eigenvalue weighted by molar-refractivity contribution is 5.99. The van der Waals surface area contributed by atoms with Crippen molar-refractivity contribution in [1.82, 2.24) is 10.5 Å². The van der Waals surface area contributed by atoms with Gasteiger partial charge in [0.25, 0.3) is 0 Å². The average Bonchev–Trinajstić information content (AvgIpc) is 3.05. The molecule has 7 nitrogen and oxygen atoms in total. The maximum Gasteiger partial charge on any atom is 0.366 e. The molecular weight excluding hydrogens is 284 g/mol. The summed E-state index contributed by atoms with van der Waals surface area (Å²) in [6, 6.07) is 8.33. The fourth-order valence-corrected chi connectivity index (χ4v) is 2.58. The highest BCUT2D eigenvalue weighted by Crippen LogP contribution is 2.26. The molecule has 2 aromatic rings. The second kappa shape index (κ2) is 5.88. The molecule has 0 bridgehead atoms. The predicted octanol–water partition coefficient (Wildman–Crippen LogP) is 1.58. The van der Waals surface area contributed by atoms with Crippen LogP contribution in [0, 0.1) is 0 Å². The van der Waals surface area contributed by atoms with Crippen molar-refractivity contribution in [2.24, 2.45) is 5.73 Å². The number of primary amides is 1. The first-order chi connectivity index (χ1) is 10.6. The summed E-state index contributed by atoms with van der Waals surface area (Å²) in [7, 11) is 0. The van der Waals surface area contributed by atoms with E-state index in [0.29, 0.717) is 11.4 Å². The quantitative estimate of drug-likeness (QED) is 0.821. The zero-order chi connectivity index (χ0) is 15.5. The molecule has 7 heteroatoms. The second-order valence-corrected chi connectivity index (χ2v) is 5.10. The third-order valence-corrected chi connectivity index (χ3v) is 3.57. The topological polar surface area (TPSA) is 97.6 Å². The lowest BCUT2D eigenvalue weighted by Crippen LogP contribution is -2.32. The number of amides is 2. The summed E-state index contributed by atoms with van der Waals surface area (Å²) in [5, 5.41) is 0.830. The molecule has 2 heterocycles. The van der Waals surface area contributed by atoms with Crippen molar-refractivity contribution in [2.75, 3.05) is 18.0 Å². The van der Waals surface area contributed by atoms with Gasteiger partial charge >= 0.3 is 12.0 Å². The Bertz CT molecular complexity index is 726. The number of fused-ring (bicyclic) bond motifs is 1. The molecule has 0 radical (unpaired) electrons. The lowest BCUT2D eigenvalue weighted by Gasteiger charge is -2.19. The van der Waals surface area contributed by atoms with Crippen LogP contribution in [0.4, 0.5) is 10.6 Å². The van der Waals surface area contributed by atoms with Crippen molar-refractivity contribution in [3.63, 3.8) is 0 Å². The number of nitrogens with zero attached hydrogens (tertiary/aromatic N) is 2. The number of aromatic nitrogens is 1. The fourth-order valence-electron chi connectivity index (χ4n) is 2.58. The number of carbonyl (C=O) groups excluding carboxylic acids is 2. The SMILES string of the molecule is NC(=O)NOC(=O)c1cc2ccccc2nc1N1CCCC1. The Morgan fingerprint density at radius 2 is 1.95 bits per heavy atom. The molecule has 2 amide bonds. The maximum atomic E-state index is 12.2. The highest BCUT2D eigenvalue weighted by atomic mass is 16.7. The molecule has 0 saturated carbocycles. The number of anilines is 1. The molecule has 0 unspecified atom stereocenters. The molecule has 1 aromatic carbocycles. The van der Waals surface area contributed by atoms with E-state index in [9.17, 15) is 9.59 Å². The van der Waals surface area contributed by atoms with Gasteiger partial charge in [-0.25, -0.2) is 14.6 Å². The van der Waals surface area contributed by atoms with Crippen LogP contribution in [0.2, 0.25) is 0 Å². The summed E-state index contributed by atoms with van der Waals surface area (Å²) in [6.45, 7) is 1.68. The van der Waals surface area contributed by atoms with Gasteiger partial charge in [-0.2, -0.15) is 5.48 Å². The van der Waals surface area contributed by atoms with Crippen LogP contribution in [0.3, 0.4) is 0 Å². The number of carbonyl (C=O) groups is 2. The van der Waals surface area contributed by atoms with Gasteiger partial charge in [-0.05, 0) is 25.0 Å². The van der Waals surface area contributed by atoms with Crippen molar-refractivity contribution in [3.8, 4) is 0 Å². The third kappa shape index (κ3) is 2.78. The van der Waals surface area contributed by atoms with Crippen LogP contribution in [0.1, 0.15) is 23.2 Å². The van der Waals surface area contributed by atoms with E-state index in [4.69, 9.17) is 10.6 Å². The number of para-hydroxylation sites is 1. The van der Waals surface area contributed by atoms with Gasteiger partial charge in [-0.3, -0.25) is 0 Å². The first-order valence-corrected chi connectivity index (χ1v) is 7.06. The summed E-state index contributed by atoms with van der Waals surface area (Å²) in [5.74, 6) is -0.105. The van der Waals surface area contributed by atoms with Gasteiger partial charge in [0.1, 0.15) is 11.4 Å². The Morgan fingerprint density at radius 3 is 2.68 bits per heavy atom. The molecule has 0 aliphatic carbocycles. The standard InChI is InChI=1S/C15H16N4O3/c16-15(21)18-22-14(20)11-9-10-5-1-2-6-12(10)17-13(11)19-7-3-4-8-19/h1-2,5-6,9H,3-4,7-8H2,(H3,16,18,21). The molecule has 114 valence electrons. The molecule has 1 saturated heterocycles. The predicted molar refractivity (Wildman–Crippen MR) is 81.3 cm³/mol. The van der Waals surface area contributed by atoms with Crippen LogP contribution in [0.15, 0.2) is 30.3 Å². The van der Waals surface area contributed by atoms with Crippen molar-refractivity contribution in [2.45, 2.75) is 12.8 Å². The van der Waals surface area contributed by atoms with Gasteiger partial charge in [0.15, 0.2) is 0 Å². The maximum absolute atomic E-state index is 12.2. The van der Waals surface area contributed by atoms with E-state index in [-0.39, 0.29) is 0 Å². The fraction of sp³-hybridized carbons (Fsp3) is 0.267. The van der Waals surface area contributed by atoms with E-state index in [1.807, 2.05) is 34.6 Å². The molecule has 1 aliphatic rings. The van der Waals surface area contributed by atoms with E-state index >= 15 is 0 Å². The zero-order valence-electron chi connectivity index (χ0n) is 11.9. The Kier molecular flexibility index (Phi) is 3.78. The number of benzene rings is 1. The van der Waals surface area contributed by atoms with Crippen molar-refractivity contribution in [1.29, 1.82) is 0 Å². The van der Waals surface area contributed by atoms with Crippen molar-refractivity contribution in [3.05, 3.63) is 35.9 Å². The minimum Gasteiger partial charge on any atom is -0.356 e. The normalized spacial score (nSPS) is 14.1. The van der Waals surface area contributed by atoms with Gasteiger partial charge in [-0.15, -0.1) is 0 Å². The Hall–Kier alpha value is -2.83. The molecule has 1 aliphatic heterocycles. The van der Waals surface area contributed by atoms with E-state index in [1.165, 1.54) is 0 Å². The summed E-state index contributed by atoms with van der Waals surface area (Å²) in [5.41, 5.74) is 7.89. The minimum atomic E-state index is -0.926. The van der Waals surface area contributed by atoms with E-state index in [0.717, 1.165) is 36.8 Å². The summed E-state index contributed by atoms with van der Waals surface area (Å²) in [4.78, 5) is 34.3. The molecular formula is C15H16N4O3. The number of urea groups is 1. The third-order valence-electron chi connectivity index (χ3n) is 3.57. The first-order valence-electron chi connectivity index (χ1n) is 7.06. The Balaban J connectivity index is 2.02.